The molecule has 0 heterocycles. The van der Waals surface area contributed by atoms with Crippen molar-refractivity contribution in [2.75, 3.05) is 20.2 Å². The van der Waals surface area contributed by atoms with Gasteiger partial charge in [-0.2, -0.15) is 0 Å². The number of ether oxygens (including phenoxy) is 1. The second-order valence-electron chi connectivity index (χ2n) is 6.10. The van der Waals surface area contributed by atoms with Crippen LogP contribution in [0.3, 0.4) is 0 Å². The average Bonchev–Trinajstić information content (AvgIpc) is 2.47. The van der Waals surface area contributed by atoms with Crippen molar-refractivity contribution in [1.82, 2.24) is 10.6 Å². The van der Waals surface area contributed by atoms with Crippen molar-refractivity contribution < 1.29 is 9.53 Å². The van der Waals surface area contributed by atoms with Crippen molar-refractivity contribution in [2.24, 2.45) is 5.92 Å². The fourth-order valence-electron chi connectivity index (χ4n) is 2.09. The minimum Gasteiger partial charge on any atom is -0.494 e. The van der Waals surface area contributed by atoms with Gasteiger partial charge in [-0.05, 0) is 57.0 Å². The van der Waals surface area contributed by atoms with Crippen LogP contribution in [0.2, 0.25) is 0 Å². The molecule has 1 amide bonds. The Hall–Kier alpha value is -1.26. The first-order chi connectivity index (χ1) is 10.5. The lowest BCUT2D eigenvalue weighted by Gasteiger charge is -2.15. The highest BCUT2D eigenvalue weighted by Gasteiger charge is 2.09. The zero-order valence-electron chi connectivity index (χ0n) is 14.7. The number of nitrogens with one attached hydrogen (secondary N) is 2. The van der Waals surface area contributed by atoms with E-state index in [4.69, 9.17) is 4.74 Å². The maximum absolute atomic E-state index is 11.8. The van der Waals surface area contributed by atoms with E-state index in [0.29, 0.717) is 12.3 Å². The van der Waals surface area contributed by atoms with Crippen LogP contribution in [0, 0.1) is 5.92 Å². The van der Waals surface area contributed by atoms with Gasteiger partial charge in [-0.15, -0.1) is 12.4 Å². The van der Waals surface area contributed by atoms with Crippen molar-refractivity contribution in [3.63, 3.8) is 0 Å². The van der Waals surface area contributed by atoms with Crippen molar-refractivity contribution in [1.29, 1.82) is 0 Å². The number of benzene rings is 1. The second kappa shape index (κ2) is 12.2. The van der Waals surface area contributed by atoms with Gasteiger partial charge in [0, 0.05) is 6.42 Å². The van der Waals surface area contributed by atoms with Gasteiger partial charge in [0.15, 0.2) is 0 Å². The van der Waals surface area contributed by atoms with Gasteiger partial charge >= 0.3 is 0 Å². The number of hydrogen-bond donors (Lipinski definition) is 2. The molecular weight excluding hydrogens is 312 g/mol. The van der Waals surface area contributed by atoms with Crippen molar-refractivity contribution in [3.05, 3.63) is 29.8 Å². The number of carbonyl (C=O) groups is 1. The van der Waals surface area contributed by atoms with Crippen LogP contribution < -0.4 is 15.4 Å². The molecule has 23 heavy (non-hydrogen) atoms. The summed E-state index contributed by atoms with van der Waals surface area (Å²) in [6.07, 6.45) is 2.47. The van der Waals surface area contributed by atoms with Crippen LogP contribution in [0.15, 0.2) is 24.3 Å². The van der Waals surface area contributed by atoms with E-state index in [1.165, 1.54) is 0 Å². The van der Waals surface area contributed by atoms with E-state index < -0.39 is 0 Å². The molecule has 0 saturated heterocycles. The smallest absolute Gasteiger partial charge is 0.220 e. The normalized spacial score (nSPS) is 11.7. The van der Waals surface area contributed by atoms with Crippen molar-refractivity contribution in [2.45, 2.75) is 46.1 Å². The molecule has 1 unspecified atom stereocenters. The van der Waals surface area contributed by atoms with Gasteiger partial charge in [-0.3, -0.25) is 4.79 Å². The molecule has 1 atom stereocenters. The summed E-state index contributed by atoms with van der Waals surface area (Å²) < 4.78 is 5.70. The molecule has 0 aromatic heterocycles. The molecule has 1 aromatic carbocycles. The van der Waals surface area contributed by atoms with Crippen LogP contribution in [-0.4, -0.2) is 26.1 Å². The van der Waals surface area contributed by atoms with Crippen LogP contribution in [0.1, 0.15) is 51.6 Å². The van der Waals surface area contributed by atoms with E-state index in [1.807, 2.05) is 38.2 Å². The Kier molecular flexibility index (Phi) is 11.5. The molecular formula is C18H31ClN2O2. The summed E-state index contributed by atoms with van der Waals surface area (Å²) in [5.74, 6) is 1.63. The highest BCUT2D eigenvalue weighted by molar-refractivity contribution is 5.85. The zero-order valence-corrected chi connectivity index (χ0v) is 15.5. The molecule has 0 aliphatic rings. The van der Waals surface area contributed by atoms with Gasteiger partial charge in [0.25, 0.3) is 0 Å². The largest absolute Gasteiger partial charge is 0.494 e. The molecule has 1 aromatic rings. The van der Waals surface area contributed by atoms with E-state index in [0.717, 1.165) is 37.3 Å². The maximum Gasteiger partial charge on any atom is 0.220 e. The zero-order chi connectivity index (χ0) is 16.4. The lowest BCUT2D eigenvalue weighted by Crippen LogP contribution is -2.27. The molecule has 5 heteroatoms. The van der Waals surface area contributed by atoms with Gasteiger partial charge in [0.1, 0.15) is 5.75 Å². The van der Waals surface area contributed by atoms with E-state index in [9.17, 15) is 4.79 Å². The van der Waals surface area contributed by atoms with Crippen LogP contribution in [0.4, 0.5) is 0 Å². The van der Waals surface area contributed by atoms with E-state index in [-0.39, 0.29) is 24.4 Å². The first-order valence-corrected chi connectivity index (χ1v) is 8.19. The number of amides is 1. The predicted octanol–water partition coefficient (Wildman–Crippen LogP) is 3.71. The molecule has 4 nitrogen and oxygen atoms in total. The molecule has 1 rings (SSSR count). The van der Waals surface area contributed by atoms with E-state index in [1.54, 1.807) is 0 Å². The van der Waals surface area contributed by atoms with Crippen LogP contribution in [0.5, 0.6) is 5.75 Å². The fraction of sp³-hybridized carbons (Fsp3) is 0.611. The minimum atomic E-state index is 0. The first kappa shape index (κ1) is 21.7. The van der Waals surface area contributed by atoms with Crippen molar-refractivity contribution >= 4 is 18.3 Å². The average molecular weight is 343 g/mol. The second-order valence-corrected chi connectivity index (χ2v) is 6.10. The summed E-state index contributed by atoms with van der Waals surface area (Å²) >= 11 is 0. The van der Waals surface area contributed by atoms with Crippen LogP contribution in [0.25, 0.3) is 0 Å². The standard InChI is InChI=1S/C18H30N2O2.ClH/c1-14(2)11-13-22-17-9-7-16(8-10-17)15(3)20-18(21)6-5-12-19-4;/h7-10,14-15,19H,5-6,11-13H2,1-4H3,(H,20,21);1H. The third kappa shape index (κ3) is 9.47. The van der Waals surface area contributed by atoms with E-state index >= 15 is 0 Å². The molecule has 2 N–H and O–H groups in total. The molecule has 0 bridgehead atoms. The molecule has 0 radical (unpaired) electrons. The highest BCUT2D eigenvalue weighted by Crippen LogP contribution is 2.18. The van der Waals surface area contributed by atoms with Gasteiger partial charge in [0.05, 0.1) is 12.6 Å². The summed E-state index contributed by atoms with van der Waals surface area (Å²) in [4.78, 5) is 11.8. The molecule has 0 aliphatic carbocycles. The molecule has 0 spiro atoms. The summed E-state index contributed by atoms with van der Waals surface area (Å²) in [6.45, 7) is 7.99. The van der Waals surface area contributed by atoms with Crippen LogP contribution in [-0.2, 0) is 4.79 Å². The summed E-state index contributed by atoms with van der Waals surface area (Å²) in [5, 5.41) is 6.07. The number of rotatable bonds is 10. The maximum atomic E-state index is 11.8. The van der Waals surface area contributed by atoms with Gasteiger partial charge in [0.2, 0.25) is 5.91 Å². The first-order valence-electron chi connectivity index (χ1n) is 8.19. The quantitative estimate of drug-likeness (QED) is 0.637. The molecule has 132 valence electrons. The molecule has 0 saturated carbocycles. The number of carbonyl (C=O) groups excluding carboxylic acids is 1. The Bertz CT molecular complexity index is 435. The third-order valence-electron chi connectivity index (χ3n) is 3.55. The number of hydrogen-bond acceptors (Lipinski definition) is 3. The summed E-state index contributed by atoms with van der Waals surface area (Å²) in [5.41, 5.74) is 1.10. The van der Waals surface area contributed by atoms with Crippen molar-refractivity contribution in [3.8, 4) is 5.75 Å². The predicted molar refractivity (Wildman–Crippen MR) is 98.4 cm³/mol. The van der Waals surface area contributed by atoms with E-state index in [2.05, 4.69) is 24.5 Å². The highest BCUT2D eigenvalue weighted by atomic mass is 35.5. The monoisotopic (exact) mass is 342 g/mol. The lowest BCUT2D eigenvalue weighted by molar-refractivity contribution is -0.121. The topological polar surface area (TPSA) is 50.4 Å². The summed E-state index contributed by atoms with van der Waals surface area (Å²) in [7, 11) is 1.89. The molecule has 0 aliphatic heterocycles. The Morgan fingerprint density at radius 1 is 1.17 bits per heavy atom. The Morgan fingerprint density at radius 2 is 1.83 bits per heavy atom. The Balaban J connectivity index is 0.00000484. The minimum absolute atomic E-state index is 0. The Labute approximate surface area is 146 Å². The fourth-order valence-corrected chi connectivity index (χ4v) is 2.09. The SMILES string of the molecule is CNCCCC(=O)NC(C)c1ccc(OCCC(C)C)cc1.Cl. The lowest BCUT2D eigenvalue weighted by atomic mass is 10.1. The van der Waals surface area contributed by atoms with Gasteiger partial charge < -0.3 is 15.4 Å². The van der Waals surface area contributed by atoms with Gasteiger partial charge in [-0.25, -0.2) is 0 Å². The van der Waals surface area contributed by atoms with Crippen LogP contribution >= 0.6 is 12.4 Å². The van der Waals surface area contributed by atoms with Gasteiger partial charge in [-0.1, -0.05) is 26.0 Å². The third-order valence-corrected chi connectivity index (χ3v) is 3.55. The Morgan fingerprint density at radius 3 is 2.39 bits per heavy atom. The summed E-state index contributed by atoms with van der Waals surface area (Å²) in [6, 6.07) is 8.00. The number of halogens is 1. The molecule has 0 fully saturated rings.